The van der Waals surface area contributed by atoms with Crippen molar-refractivity contribution in [1.82, 2.24) is 15.0 Å². The van der Waals surface area contributed by atoms with Crippen molar-refractivity contribution in [2.24, 2.45) is 0 Å². The standard InChI is InChI=1S/C8H12Cl2N4O/c1-8(2,15)3-4-11-7-13-5(9)12-6(10)14-7/h15H,3-4H2,1-2H3,(H,11,12,13,14). The monoisotopic (exact) mass is 250 g/mol. The van der Waals surface area contributed by atoms with Gasteiger partial charge in [-0.1, -0.05) is 0 Å². The summed E-state index contributed by atoms with van der Waals surface area (Å²) in [6.45, 7) is 3.98. The van der Waals surface area contributed by atoms with E-state index in [9.17, 15) is 5.11 Å². The summed E-state index contributed by atoms with van der Waals surface area (Å²) in [6, 6.07) is 0. The first-order chi connectivity index (χ1) is 6.87. The molecule has 0 bridgehead atoms. The van der Waals surface area contributed by atoms with Crippen LogP contribution in [0.25, 0.3) is 0 Å². The van der Waals surface area contributed by atoms with Crippen LogP contribution in [-0.2, 0) is 0 Å². The second-order valence-electron chi connectivity index (χ2n) is 3.69. The first-order valence-corrected chi connectivity index (χ1v) is 5.16. The minimum atomic E-state index is -0.729. The minimum Gasteiger partial charge on any atom is -0.390 e. The van der Waals surface area contributed by atoms with E-state index < -0.39 is 5.60 Å². The lowest BCUT2D eigenvalue weighted by molar-refractivity contribution is 0.0748. The second kappa shape index (κ2) is 4.92. The van der Waals surface area contributed by atoms with Crippen LogP contribution in [0.2, 0.25) is 10.6 Å². The van der Waals surface area contributed by atoms with Crippen LogP contribution in [0.4, 0.5) is 5.95 Å². The maximum atomic E-state index is 9.46. The Balaban J connectivity index is 2.51. The molecule has 0 aliphatic rings. The molecule has 1 heterocycles. The lowest BCUT2D eigenvalue weighted by Gasteiger charge is -2.16. The number of hydrogen-bond donors (Lipinski definition) is 2. The van der Waals surface area contributed by atoms with Gasteiger partial charge < -0.3 is 10.4 Å². The van der Waals surface area contributed by atoms with E-state index in [1.165, 1.54) is 0 Å². The zero-order chi connectivity index (χ0) is 11.5. The fraction of sp³-hybridized carbons (Fsp3) is 0.625. The number of rotatable bonds is 4. The third-order valence-corrected chi connectivity index (χ3v) is 1.94. The van der Waals surface area contributed by atoms with Crippen molar-refractivity contribution >= 4 is 29.2 Å². The van der Waals surface area contributed by atoms with Gasteiger partial charge in [0.25, 0.3) is 0 Å². The molecule has 7 heteroatoms. The maximum Gasteiger partial charge on any atom is 0.228 e. The molecule has 0 saturated heterocycles. The van der Waals surface area contributed by atoms with Crippen LogP contribution < -0.4 is 5.32 Å². The number of halogens is 2. The summed E-state index contributed by atoms with van der Waals surface area (Å²) in [5.41, 5.74) is -0.729. The van der Waals surface area contributed by atoms with Crippen molar-refractivity contribution in [3.63, 3.8) is 0 Å². The molecular formula is C8H12Cl2N4O. The summed E-state index contributed by atoms with van der Waals surface area (Å²) in [5.74, 6) is 0.309. The van der Waals surface area contributed by atoms with Gasteiger partial charge in [0.2, 0.25) is 16.5 Å². The zero-order valence-electron chi connectivity index (χ0n) is 8.46. The predicted octanol–water partition coefficient (Wildman–Crippen LogP) is 1.75. The Morgan fingerprint density at radius 1 is 1.20 bits per heavy atom. The molecule has 5 nitrogen and oxygen atoms in total. The molecule has 0 spiro atoms. The zero-order valence-corrected chi connectivity index (χ0v) is 9.97. The highest BCUT2D eigenvalue weighted by atomic mass is 35.5. The van der Waals surface area contributed by atoms with E-state index in [0.717, 1.165) is 0 Å². The molecule has 1 rings (SSSR count). The Morgan fingerprint density at radius 3 is 2.20 bits per heavy atom. The number of hydrogen-bond acceptors (Lipinski definition) is 5. The minimum absolute atomic E-state index is 0.0424. The summed E-state index contributed by atoms with van der Waals surface area (Å²) in [7, 11) is 0. The van der Waals surface area contributed by atoms with E-state index in [1.807, 2.05) is 0 Å². The van der Waals surface area contributed by atoms with Crippen molar-refractivity contribution in [3.05, 3.63) is 10.6 Å². The summed E-state index contributed by atoms with van der Waals surface area (Å²) >= 11 is 11.2. The number of aromatic nitrogens is 3. The smallest absolute Gasteiger partial charge is 0.228 e. The van der Waals surface area contributed by atoms with E-state index in [0.29, 0.717) is 18.9 Å². The Bertz CT molecular complexity index is 320. The highest BCUT2D eigenvalue weighted by Crippen LogP contribution is 2.11. The van der Waals surface area contributed by atoms with Gasteiger partial charge in [-0.2, -0.15) is 15.0 Å². The van der Waals surface area contributed by atoms with Crippen LogP contribution in [0.1, 0.15) is 20.3 Å². The van der Waals surface area contributed by atoms with Crippen LogP contribution >= 0.6 is 23.2 Å². The van der Waals surface area contributed by atoms with E-state index >= 15 is 0 Å². The third kappa shape index (κ3) is 5.11. The number of nitrogens with one attached hydrogen (secondary N) is 1. The van der Waals surface area contributed by atoms with Crippen LogP contribution in [0.15, 0.2) is 0 Å². The Morgan fingerprint density at radius 2 is 1.73 bits per heavy atom. The average molecular weight is 251 g/mol. The van der Waals surface area contributed by atoms with Crippen molar-refractivity contribution in [2.75, 3.05) is 11.9 Å². The predicted molar refractivity (Wildman–Crippen MR) is 59.3 cm³/mol. The summed E-state index contributed by atoms with van der Waals surface area (Å²) in [6.07, 6.45) is 0.563. The third-order valence-electron chi connectivity index (χ3n) is 1.60. The number of nitrogens with zero attached hydrogens (tertiary/aromatic N) is 3. The van der Waals surface area contributed by atoms with E-state index in [-0.39, 0.29) is 10.6 Å². The number of aliphatic hydroxyl groups is 1. The second-order valence-corrected chi connectivity index (χ2v) is 4.36. The van der Waals surface area contributed by atoms with Gasteiger partial charge in [0.05, 0.1) is 5.60 Å². The quantitative estimate of drug-likeness (QED) is 0.853. The SMILES string of the molecule is CC(C)(O)CCNc1nc(Cl)nc(Cl)n1. The molecule has 0 saturated carbocycles. The van der Waals surface area contributed by atoms with Gasteiger partial charge in [-0.3, -0.25) is 0 Å². The highest BCUT2D eigenvalue weighted by molar-refractivity contribution is 6.31. The first-order valence-electron chi connectivity index (χ1n) is 4.40. The van der Waals surface area contributed by atoms with Gasteiger partial charge in [0, 0.05) is 6.54 Å². The van der Waals surface area contributed by atoms with Gasteiger partial charge in [-0.05, 0) is 43.5 Å². The summed E-state index contributed by atoms with van der Waals surface area (Å²) in [4.78, 5) is 11.2. The molecule has 0 amide bonds. The van der Waals surface area contributed by atoms with Gasteiger partial charge in [-0.15, -0.1) is 0 Å². The molecule has 0 aliphatic carbocycles. The first kappa shape index (κ1) is 12.4. The van der Waals surface area contributed by atoms with Gasteiger partial charge in [0.1, 0.15) is 0 Å². The Kier molecular flexibility index (Phi) is 4.07. The Hall–Kier alpha value is -0.650. The lowest BCUT2D eigenvalue weighted by atomic mass is 10.1. The molecule has 0 aliphatic heterocycles. The molecule has 84 valence electrons. The van der Waals surface area contributed by atoms with Crippen molar-refractivity contribution in [1.29, 1.82) is 0 Å². The molecule has 1 aromatic heterocycles. The van der Waals surface area contributed by atoms with E-state index in [1.54, 1.807) is 13.8 Å². The Labute approximate surface area is 97.9 Å². The van der Waals surface area contributed by atoms with Crippen molar-refractivity contribution in [3.8, 4) is 0 Å². The van der Waals surface area contributed by atoms with Crippen LogP contribution in [0.3, 0.4) is 0 Å². The molecule has 0 fully saturated rings. The van der Waals surface area contributed by atoms with E-state index in [4.69, 9.17) is 23.2 Å². The van der Waals surface area contributed by atoms with E-state index in [2.05, 4.69) is 20.3 Å². The van der Waals surface area contributed by atoms with Gasteiger partial charge in [0.15, 0.2) is 0 Å². The molecule has 0 atom stereocenters. The van der Waals surface area contributed by atoms with Gasteiger partial charge >= 0.3 is 0 Å². The van der Waals surface area contributed by atoms with Crippen LogP contribution in [-0.4, -0.2) is 32.2 Å². The molecular weight excluding hydrogens is 239 g/mol. The normalized spacial score (nSPS) is 11.5. The summed E-state index contributed by atoms with van der Waals surface area (Å²) < 4.78 is 0. The molecule has 2 N–H and O–H groups in total. The summed E-state index contributed by atoms with van der Waals surface area (Å²) in [5, 5.41) is 12.4. The molecule has 15 heavy (non-hydrogen) atoms. The largest absolute Gasteiger partial charge is 0.390 e. The fourth-order valence-electron chi connectivity index (χ4n) is 0.885. The number of anilines is 1. The molecule has 0 unspecified atom stereocenters. The van der Waals surface area contributed by atoms with Gasteiger partial charge in [-0.25, -0.2) is 0 Å². The molecule has 0 aromatic carbocycles. The average Bonchev–Trinajstić information content (AvgIpc) is 1.99. The highest BCUT2D eigenvalue weighted by Gasteiger charge is 2.12. The van der Waals surface area contributed by atoms with Crippen molar-refractivity contribution in [2.45, 2.75) is 25.9 Å². The molecule has 0 radical (unpaired) electrons. The van der Waals surface area contributed by atoms with Crippen molar-refractivity contribution < 1.29 is 5.11 Å². The maximum absolute atomic E-state index is 9.46. The lowest BCUT2D eigenvalue weighted by Crippen LogP contribution is -2.23. The fourth-order valence-corrected chi connectivity index (χ4v) is 1.25. The van der Waals surface area contributed by atoms with Crippen LogP contribution in [0, 0.1) is 0 Å². The van der Waals surface area contributed by atoms with Crippen LogP contribution in [0.5, 0.6) is 0 Å². The molecule has 1 aromatic rings. The topological polar surface area (TPSA) is 70.9 Å².